The molecule has 1 aliphatic heterocycles. The van der Waals surface area contributed by atoms with E-state index in [0.29, 0.717) is 11.3 Å². The molecular formula is C22H27N3O2. The maximum absolute atomic E-state index is 12.9. The van der Waals surface area contributed by atoms with Crippen LogP contribution in [0, 0.1) is 6.92 Å². The van der Waals surface area contributed by atoms with Crippen LogP contribution in [0.5, 0.6) is 0 Å². The number of anilines is 1. The van der Waals surface area contributed by atoms with Gasteiger partial charge in [0, 0.05) is 50.9 Å². The fourth-order valence-corrected chi connectivity index (χ4v) is 3.48. The van der Waals surface area contributed by atoms with Crippen LogP contribution in [0.3, 0.4) is 0 Å². The first-order valence-corrected chi connectivity index (χ1v) is 9.47. The topological polar surface area (TPSA) is 52.7 Å². The van der Waals surface area contributed by atoms with Crippen LogP contribution >= 0.6 is 0 Å². The Balaban J connectivity index is 1.63. The van der Waals surface area contributed by atoms with Gasteiger partial charge in [-0.3, -0.25) is 14.5 Å². The average Bonchev–Trinajstić information content (AvgIpc) is 2.88. The molecule has 0 aromatic heterocycles. The minimum atomic E-state index is -0.138. The molecule has 3 rings (SSSR count). The number of hydrogen-bond donors (Lipinski definition) is 1. The van der Waals surface area contributed by atoms with Gasteiger partial charge in [-0.15, -0.1) is 0 Å². The number of hydrogen-bond acceptors (Lipinski definition) is 3. The van der Waals surface area contributed by atoms with E-state index in [9.17, 15) is 9.59 Å². The number of aryl methyl sites for hydroxylation is 1. The van der Waals surface area contributed by atoms with Crippen LogP contribution in [0.1, 0.15) is 34.8 Å². The zero-order valence-corrected chi connectivity index (χ0v) is 16.1. The van der Waals surface area contributed by atoms with Crippen LogP contribution in [0.25, 0.3) is 0 Å². The lowest BCUT2D eigenvalue weighted by Gasteiger charge is -2.23. The lowest BCUT2D eigenvalue weighted by atomic mass is 10.1. The first-order chi connectivity index (χ1) is 13.0. The molecule has 2 amide bonds. The third-order valence-corrected chi connectivity index (χ3v) is 4.96. The van der Waals surface area contributed by atoms with Crippen molar-refractivity contribution < 1.29 is 9.59 Å². The Morgan fingerprint density at radius 3 is 2.59 bits per heavy atom. The predicted molar refractivity (Wildman–Crippen MR) is 108 cm³/mol. The maximum Gasteiger partial charge on any atom is 0.253 e. The second-order valence-electron chi connectivity index (χ2n) is 7.11. The molecule has 1 N–H and O–H groups in total. The normalized spacial score (nSPS) is 15.3. The SMILES string of the molecule is CC(=O)Nc1cccc(C(=O)N2CCCN(Cc3ccccc3C)CC2)c1. The molecule has 1 aliphatic rings. The summed E-state index contributed by atoms with van der Waals surface area (Å²) in [6, 6.07) is 15.6. The molecule has 5 nitrogen and oxygen atoms in total. The molecule has 0 unspecified atom stereocenters. The Kier molecular flexibility index (Phi) is 6.24. The monoisotopic (exact) mass is 365 g/mol. The quantitative estimate of drug-likeness (QED) is 0.904. The lowest BCUT2D eigenvalue weighted by molar-refractivity contribution is -0.114. The zero-order chi connectivity index (χ0) is 19.2. The summed E-state index contributed by atoms with van der Waals surface area (Å²) in [4.78, 5) is 28.5. The van der Waals surface area contributed by atoms with E-state index in [1.54, 1.807) is 18.2 Å². The smallest absolute Gasteiger partial charge is 0.253 e. The molecule has 0 bridgehead atoms. The van der Waals surface area contributed by atoms with E-state index in [1.165, 1.54) is 18.1 Å². The molecule has 1 fully saturated rings. The molecule has 1 saturated heterocycles. The van der Waals surface area contributed by atoms with Crippen molar-refractivity contribution in [3.8, 4) is 0 Å². The first-order valence-electron chi connectivity index (χ1n) is 9.47. The van der Waals surface area contributed by atoms with Gasteiger partial charge in [0.2, 0.25) is 5.91 Å². The number of nitrogens with one attached hydrogen (secondary N) is 1. The van der Waals surface area contributed by atoms with E-state index in [0.717, 1.165) is 39.1 Å². The largest absolute Gasteiger partial charge is 0.337 e. The second-order valence-corrected chi connectivity index (χ2v) is 7.11. The van der Waals surface area contributed by atoms with Crippen LogP contribution in [0.4, 0.5) is 5.69 Å². The van der Waals surface area contributed by atoms with Crippen molar-refractivity contribution in [3.05, 3.63) is 65.2 Å². The number of benzene rings is 2. The van der Waals surface area contributed by atoms with Gasteiger partial charge in [-0.25, -0.2) is 0 Å². The van der Waals surface area contributed by atoms with Gasteiger partial charge in [0.15, 0.2) is 0 Å². The van der Waals surface area contributed by atoms with Gasteiger partial charge in [0.25, 0.3) is 5.91 Å². The van der Waals surface area contributed by atoms with Crippen molar-refractivity contribution in [2.24, 2.45) is 0 Å². The van der Waals surface area contributed by atoms with Crippen molar-refractivity contribution >= 4 is 17.5 Å². The number of rotatable bonds is 4. The number of amides is 2. The molecule has 5 heteroatoms. The van der Waals surface area contributed by atoms with Crippen molar-refractivity contribution in [2.45, 2.75) is 26.8 Å². The summed E-state index contributed by atoms with van der Waals surface area (Å²) >= 11 is 0. The maximum atomic E-state index is 12.9. The summed E-state index contributed by atoms with van der Waals surface area (Å²) in [6.45, 7) is 7.86. The summed E-state index contributed by atoms with van der Waals surface area (Å²) in [6.07, 6.45) is 0.961. The first kappa shape index (κ1) is 19.1. The van der Waals surface area contributed by atoms with Gasteiger partial charge in [-0.2, -0.15) is 0 Å². The Hall–Kier alpha value is -2.66. The van der Waals surface area contributed by atoms with Crippen LogP contribution in [-0.2, 0) is 11.3 Å². The van der Waals surface area contributed by atoms with Gasteiger partial charge in [0.1, 0.15) is 0 Å². The Morgan fingerprint density at radius 1 is 1.00 bits per heavy atom. The molecule has 0 saturated carbocycles. The molecule has 27 heavy (non-hydrogen) atoms. The van der Waals surface area contributed by atoms with E-state index < -0.39 is 0 Å². The minimum Gasteiger partial charge on any atom is -0.337 e. The van der Waals surface area contributed by atoms with Crippen molar-refractivity contribution in [1.82, 2.24) is 9.80 Å². The molecule has 0 aliphatic carbocycles. The summed E-state index contributed by atoms with van der Waals surface area (Å²) in [5.74, 6) is -0.110. The highest BCUT2D eigenvalue weighted by Gasteiger charge is 2.21. The number of carbonyl (C=O) groups is 2. The summed E-state index contributed by atoms with van der Waals surface area (Å²) in [5.41, 5.74) is 3.93. The Bertz CT molecular complexity index is 819. The predicted octanol–water partition coefficient (Wildman–Crippen LogP) is 3.30. The zero-order valence-electron chi connectivity index (χ0n) is 16.1. The Morgan fingerprint density at radius 2 is 1.81 bits per heavy atom. The molecule has 2 aromatic rings. The van der Waals surface area contributed by atoms with Crippen molar-refractivity contribution in [1.29, 1.82) is 0 Å². The Labute approximate surface area is 161 Å². The van der Waals surface area contributed by atoms with Gasteiger partial charge < -0.3 is 10.2 Å². The van der Waals surface area contributed by atoms with Crippen molar-refractivity contribution in [2.75, 3.05) is 31.5 Å². The molecule has 2 aromatic carbocycles. The standard InChI is InChI=1S/C22H27N3O2/c1-17-7-3-4-8-20(17)16-24-11-6-12-25(14-13-24)22(27)19-9-5-10-21(15-19)23-18(2)26/h3-5,7-10,15H,6,11-14,16H2,1-2H3,(H,23,26). The fourth-order valence-electron chi connectivity index (χ4n) is 3.48. The van der Waals surface area contributed by atoms with Crippen LogP contribution in [-0.4, -0.2) is 47.8 Å². The highest BCUT2D eigenvalue weighted by atomic mass is 16.2. The van der Waals surface area contributed by atoms with Gasteiger partial charge in [0.05, 0.1) is 0 Å². The van der Waals surface area contributed by atoms with E-state index >= 15 is 0 Å². The van der Waals surface area contributed by atoms with E-state index in [4.69, 9.17) is 0 Å². The molecule has 1 heterocycles. The lowest BCUT2D eigenvalue weighted by Crippen LogP contribution is -2.35. The molecule has 0 spiro atoms. The molecule has 0 radical (unpaired) electrons. The highest BCUT2D eigenvalue weighted by Crippen LogP contribution is 2.16. The van der Waals surface area contributed by atoms with Gasteiger partial charge in [-0.1, -0.05) is 30.3 Å². The molecule has 0 atom stereocenters. The van der Waals surface area contributed by atoms with Gasteiger partial charge in [-0.05, 0) is 42.7 Å². The third-order valence-electron chi connectivity index (χ3n) is 4.96. The number of carbonyl (C=O) groups excluding carboxylic acids is 2. The summed E-state index contributed by atoms with van der Waals surface area (Å²) < 4.78 is 0. The summed E-state index contributed by atoms with van der Waals surface area (Å²) in [7, 11) is 0. The summed E-state index contributed by atoms with van der Waals surface area (Å²) in [5, 5.41) is 2.74. The van der Waals surface area contributed by atoms with E-state index in [1.807, 2.05) is 11.0 Å². The van der Waals surface area contributed by atoms with Crippen LogP contribution in [0.15, 0.2) is 48.5 Å². The fraction of sp³-hybridized carbons (Fsp3) is 0.364. The average molecular weight is 365 g/mol. The third kappa shape index (κ3) is 5.17. The minimum absolute atomic E-state index is 0.0277. The van der Waals surface area contributed by atoms with Crippen molar-refractivity contribution in [3.63, 3.8) is 0 Å². The number of nitrogens with zero attached hydrogens (tertiary/aromatic N) is 2. The van der Waals surface area contributed by atoms with Crippen LogP contribution in [0.2, 0.25) is 0 Å². The molecular weight excluding hydrogens is 338 g/mol. The van der Waals surface area contributed by atoms with E-state index in [2.05, 4.69) is 41.4 Å². The second kappa shape index (κ2) is 8.82. The molecule has 142 valence electrons. The van der Waals surface area contributed by atoms with Gasteiger partial charge >= 0.3 is 0 Å². The van der Waals surface area contributed by atoms with E-state index in [-0.39, 0.29) is 11.8 Å². The highest BCUT2D eigenvalue weighted by molar-refractivity contribution is 5.96. The van der Waals surface area contributed by atoms with Crippen LogP contribution < -0.4 is 5.32 Å².